The van der Waals surface area contributed by atoms with Crippen LogP contribution in [0.4, 0.5) is 0 Å². The molecule has 6 heteroatoms. The molecule has 2 fully saturated rings. The average molecular weight is 367 g/mol. The molecule has 0 aromatic carbocycles. The van der Waals surface area contributed by atoms with Crippen LogP contribution >= 0.6 is 0 Å². The van der Waals surface area contributed by atoms with E-state index >= 15 is 0 Å². The molecule has 2 rings (SSSR count). The fourth-order valence-electron chi connectivity index (χ4n) is 3.78. The fourth-order valence-corrected chi connectivity index (χ4v) is 3.78. The van der Waals surface area contributed by atoms with Crippen LogP contribution in [0.5, 0.6) is 0 Å². The molecule has 1 saturated carbocycles. The summed E-state index contributed by atoms with van der Waals surface area (Å²) in [4.78, 5) is 25.6. The van der Waals surface area contributed by atoms with Crippen LogP contribution in [-0.4, -0.2) is 29.4 Å². The van der Waals surface area contributed by atoms with Crippen molar-refractivity contribution in [2.24, 2.45) is 11.8 Å². The Balaban J connectivity index is 1.82. The molecule has 1 N–H and O–H groups in total. The van der Waals surface area contributed by atoms with Crippen LogP contribution in [-0.2, 0) is 24.7 Å². The van der Waals surface area contributed by atoms with E-state index in [1.807, 2.05) is 12.2 Å². The highest BCUT2D eigenvalue weighted by atomic mass is 17.2. The second-order valence-electron chi connectivity index (χ2n) is 7.25. The smallest absolute Gasteiger partial charge is 0.303 e. The van der Waals surface area contributed by atoms with Crippen LogP contribution < -0.4 is 0 Å². The van der Waals surface area contributed by atoms with Crippen molar-refractivity contribution >= 4 is 5.97 Å². The van der Waals surface area contributed by atoms with Gasteiger partial charge in [-0.1, -0.05) is 50.5 Å². The number of carboxylic acids is 1. The number of unbranched alkanes of at least 4 members (excludes halogenated alkanes) is 3. The normalized spacial score (nSPS) is 29.2. The molecule has 1 unspecified atom stereocenters. The molecule has 26 heavy (non-hydrogen) atoms. The van der Waals surface area contributed by atoms with Crippen molar-refractivity contribution in [2.75, 3.05) is 0 Å². The van der Waals surface area contributed by atoms with E-state index in [4.69, 9.17) is 14.9 Å². The lowest BCUT2D eigenvalue weighted by Crippen LogP contribution is -2.29. The van der Waals surface area contributed by atoms with Gasteiger partial charge in [-0.25, -0.2) is 9.78 Å². The predicted molar refractivity (Wildman–Crippen MR) is 95.4 cm³/mol. The molecule has 0 amide bonds. The summed E-state index contributed by atoms with van der Waals surface area (Å²) in [6.07, 6.45) is 15.2. The molecule has 1 aliphatic heterocycles. The first-order valence-corrected chi connectivity index (χ1v) is 9.81. The molecule has 2 aliphatic rings. The topological polar surface area (TPSA) is 84.9 Å². The SMILES string of the molecule is CCCCC[C@@H](/C=C/[C@@H]1C(C/C=C\CCCC(=O)O)[C@@H]2C[C@H]1OO2)O[O]. The zero-order chi connectivity index (χ0) is 18.8. The van der Waals surface area contributed by atoms with Gasteiger partial charge in [0, 0.05) is 24.7 Å². The number of fused-ring (bicyclic) bond motifs is 2. The molecule has 147 valence electrons. The van der Waals surface area contributed by atoms with E-state index < -0.39 is 5.97 Å². The van der Waals surface area contributed by atoms with E-state index in [0.717, 1.165) is 44.9 Å². The lowest BCUT2D eigenvalue weighted by atomic mass is 9.89. The zero-order valence-electron chi connectivity index (χ0n) is 15.5. The number of aliphatic carboxylic acids is 1. The van der Waals surface area contributed by atoms with E-state index in [0.29, 0.717) is 12.3 Å². The van der Waals surface area contributed by atoms with Crippen molar-refractivity contribution in [1.29, 1.82) is 0 Å². The Labute approximate surface area is 155 Å². The molecule has 1 radical (unpaired) electrons. The number of hydrogen-bond donors (Lipinski definition) is 1. The van der Waals surface area contributed by atoms with E-state index in [1.54, 1.807) is 0 Å². The van der Waals surface area contributed by atoms with E-state index in [1.165, 1.54) is 0 Å². The van der Waals surface area contributed by atoms with Gasteiger partial charge in [0.05, 0.1) is 6.10 Å². The maximum absolute atomic E-state index is 10.9. The Kier molecular flexibility index (Phi) is 9.32. The molecule has 1 aliphatic carbocycles. The molecule has 1 saturated heterocycles. The minimum atomic E-state index is -0.753. The predicted octanol–water partition coefficient (Wildman–Crippen LogP) is 4.39. The lowest BCUT2D eigenvalue weighted by molar-refractivity contribution is -0.336. The number of carbonyl (C=O) groups is 1. The maximum atomic E-state index is 10.9. The molecule has 5 atom stereocenters. The van der Waals surface area contributed by atoms with Crippen LogP contribution in [0.3, 0.4) is 0 Å². The lowest BCUT2D eigenvalue weighted by Gasteiger charge is -2.27. The monoisotopic (exact) mass is 367 g/mol. The summed E-state index contributed by atoms with van der Waals surface area (Å²) in [5.41, 5.74) is 0. The highest BCUT2D eigenvalue weighted by Gasteiger charge is 2.49. The number of hydrogen-bond acceptors (Lipinski definition) is 4. The standard InChI is InChI=1S/C20H31O6/c1-2-3-6-9-15(24-23)12-13-17-16(18-14-19(17)26-25-18)10-7-4-5-8-11-20(21)22/h4,7,12-13,15-19H,2-3,5-6,8-11,14H2,1H3,(H,21,22)/b7-4-,13-12+/t15-,16?,17+,18-,19+/m0/s1. The molecule has 6 nitrogen and oxygen atoms in total. The first-order valence-electron chi connectivity index (χ1n) is 9.81. The minimum Gasteiger partial charge on any atom is -0.481 e. The summed E-state index contributed by atoms with van der Waals surface area (Å²) >= 11 is 0. The summed E-state index contributed by atoms with van der Waals surface area (Å²) in [6, 6.07) is 0. The summed E-state index contributed by atoms with van der Waals surface area (Å²) in [5.74, 6) is -0.207. The van der Waals surface area contributed by atoms with Gasteiger partial charge in [0.1, 0.15) is 12.2 Å². The fraction of sp³-hybridized carbons (Fsp3) is 0.750. The van der Waals surface area contributed by atoms with E-state index in [2.05, 4.69) is 24.0 Å². The van der Waals surface area contributed by atoms with Gasteiger partial charge in [0.2, 0.25) is 0 Å². The van der Waals surface area contributed by atoms with E-state index in [-0.39, 0.29) is 30.7 Å². The van der Waals surface area contributed by atoms with Gasteiger partial charge in [0.25, 0.3) is 0 Å². The Bertz CT molecular complexity index is 475. The Morgan fingerprint density at radius 2 is 2.04 bits per heavy atom. The van der Waals surface area contributed by atoms with Crippen LogP contribution in [0.15, 0.2) is 24.3 Å². The van der Waals surface area contributed by atoms with Gasteiger partial charge < -0.3 is 5.11 Å². The molecule has 2 bridgehead atoms. The molecule has 0 aromatic rings. The zero-order valence-corrected chi connectivity index (χ0v) is 15.5. The Morgan fingerprint density at radius 3 is 2.77 bits per heavy atom. The van der Waals surface area contributed by atoms with Crippen molar-refractivity contribution in [3.63, 3.8) is 0 Å². The number of rotatable bonds is 13. The number of allylic oxidation sites excluding steroid dienone is 2. The van der Waals surface area contributed by atoms with Crippen molar-refractivity contribution in [3.05, 3.63) is 24.3 Å². The highest BCUT2D eigenvalue weighted by Crippen LogP contribution is 2.45. The Morgan fingerprint density at radius 1 is 1.23 bits per heavy atom. The molecular formula is C20H31O6. The molecular weight excluding hydrogens is 336 g/mol. The third-order valence-electron chi connectivity index (χ3n) is 5.27. The summed E-state index contributed by atoms with van der Waals surface area (Å²) < 4.78 is 0. The summed E-state index contributed by atoms with van der Waals surface area (Å²) in [5, 5.41) is 19.6. The second kappa shape index (κ2) is 11.5. The van der Waals surface area contributed by atoms with Gasteiger partial charge in [-0.15, -0.1) is 0 Å². The Hall–Kier alpha value is -1.21. The van der Waals surface area contributed by atoms with Gasteiger partial charge in [-0.2, -0.15) is 4.89 Å². The second-order valence-corrected chi connectivity index (χ2v) is 7.25. The van der Waals surface area contributed by atoms with Crippen LogP contribution in [0, 0.1) is 11.8 Å². The molecule has 1 heterocycles. The summed E-state index contributed by atoms with van der Waals surface area (Å²) in [7, 11) is 0. The van der Waals surface area contributed by atoms with Crippen molar-refractivity contribution in [2.45, 2.75) is 83.0 Å². The quantitative estimate of drug-likeness (QED) is 0.226. The van der Waals surface area contributed by atoms with Gasteiger partial charge in [-0.3, -0.25) is 4.79 Å². The number of carboxylic acid groups (broad SMARTS) is 1. The molecule has 0 spiro atoms. The van der Waals surface area contributed by atoms with Gasteiger partial charge in [0.15, 0.2) is 0 Å². The van der Waals surface area contributed by atoms with Gasteiger partial charge in [-0.05, 0) is 30.9 Å². The maximum Gasteiger partial charge on any atom is 0.303 e. The first kappa shape index (κ1) is 21.1. The third kappa shape index (κ3) is 6.50. The van der Waals surface area contributed by atoms with Crippen LogP contribution in [0.2, 0.25) is 0 Å². The van der Waals surface area contributed by atoms with Crippen LogP contribution in [0.25, 0.3) is 0 Å². The van der Waals surface area contributed by atoms with Crippen molar-refractivity contribution < 1.29 is 29.8 Å². The minimum absolute atomic E-state index is 0.0459. The van der Waals surface area contributed by atoms with E-state index in [9.17, 15) is 10.1 Å². The summed E-state index contributed by atoms with van der Waals surface area (Å²) in [6.45, 7) is 2.13. The van der Waals surface area contributed by atoms with Gasteiger partial charge >= 0.3 is 5.97 Å². The first-order chi connectivity index (χ1) is 12.7. The molecule has 0 aromatic heterocycles. The van der Waals surface area contributed by atoms with Crippen molar-refractivity contribution in [3.8, 4) is 0 Å². The third-order valence-corrected chi connectivity index (χ3v) is 5.27. The van der Waals surface area contributed by atoms with Crippen LogP contribution in [0.1, 0.15) is 64.7 Å². The van der Waals surface area contributed by atoms with Crippen molar-refractivity contribution in [1.82, 2.24) is 0 Å². The largest absolute Gasteiger partial charge is 0.481 e. The highest BCUT2D eigenvalue weighted by molar-refractivity contribution is 5.66. The average Bonchev–Trinajstić information content (AvgIpc) is 3.22.